The fourth-order valence-electron chi connectivity index (χ4n) is 7.58. The van der Waals surface area contributed by atoms with Gasteiger partial charge >= 0.3 is 43.7 Å². The van der Waals surface area contributed by atoms with Gasteiger partial charge in [-0.15, -0.1) is 0 Å². The van der Waals surface area contributed by atoms with E-state index in [1.807, 2.05) is 0 Å². The molecule has 1 saturated heterocycles. The molecule has 0 aliphatic carbocycles. The minimum Gasteiger partial charge on any atom is -0.494 e. The molecule has 1 aliphatic rings. The fourth-order valence-corrected chi connectivity index (χ4v) is 7.58. The predicted molar refractivity (Wildman–Crippen MR) is 263 cm³/mol. The van der Waals surface area contributed by atoms with E-state index in [-0.39, 0.29) is 114 Å². The van der Waals surface area contributed by atoms with Gasteiger partial charge in [-0.3, -0.25) is 53.1 Å². The smallest absolute Gasteiger partial charge is 0.494 e. The number of rotatable bonds is 29. The van der Waals surface area contributed by atoms with Gasteiger partial charge in [0.25, 0.3) is 11.8 Å². The van der Waals surface area contributed by atoms with Crippen LogP contribution in [-0.4, -0.2) is 212 Å². The molecule has 0 aromatic heterocycles. The second-order valence-corrected chi connectivity index (χ2v) is 16.9. The Hall–Kier alpha value is -6.74. The Balaban J connectivity index is 0.0000178. The monoisotopic (exact) mass is 1070 g/mol. The first-order valence-electron chi connectivity index (χ1n) is 23.1. The number of benzene rings is 2. The maximum absolute atomic E-state index is 13.2. The standard InChI is InChI=1S/C46H67N11O14.Ga/c1-29-22-33(23-30(2)41(29)43(66)54-34(44(67)68)25-51-38(60)26-52-42(65)31-8-6-9-32(24-31)53-46(47)48)71-21-7-14-50-36(58)10-4-3-5-13-49-37(59)12-11-35(45(69)70)57-19-17-55(27-39(61)62)15-16-56(18-20-57)28-40(63)64;/h6,8-9,22-24,34-35H,3-5,7,10-21,25-28H2,1-2H3,(H,49,59)(H,50,58)(H,51,60)(H,52,65)(H,54,66)(H,61,62)(H,63,64)(H,67,68)(H,69,70)(H4,47,48,53);/q;+3/t34-,35?;/m0./s1/i;1-2. The summed E-state index contributed by atoms with van der Waals surface area (Å²) in [7, 11) is 0. The molecule has 26 heteroatoms. The van der Waals surface area contributed by atoms with E-state index in [2.05, 4.69) is 31.6 Å². The minimum absolute atomic E-state index is 0. The first kappa shape index (κ1) is 61.4. The third-order valence-corrected chi connectivity index (χ3v) is 11.2. The number of amides is 5. The van der Waals surface area contributed by atoms with Crippen LogP contribution in [0.15, 0.2) is 41.4 Å². The summed E-state index contributed by atoms with van der Waals surface area (Å²) in [6.45, 7) is 4.40. The number of guanidine groups is 1. The zero-order valence-corrected chi connectivity index (χ0v) is 43.1. The summed E-state index contributed by atoms with van der Waals surface area (Å²) in [5.41, 5.74) is 12.5. The van der Waals surface area contributed by atoms with Crippen LogP contribution in [-0.2, 0) is 33.6 Å². The largest absolute Gasteiger partial charge is 3.00 e. The normalized spacial score (nSPS) is 14.0. The number of aliphatic carboxylic acids is 4. The van der Waals surface area contributed by atoms with E-state index < -0.39 is 66.8 Å². The van der Waals surface area contributed by atoms with Crippen molar-refractivity contribution in [3.8, 4) is 5.75 Å². The van der Waals surface area contributed by atoms with Gasteiger partial charge in [0, 0.05) is 82.9 Å². The zero-order valence-electron chi connectivity index (χ0n) is 40.7. The minimum atomic E-state index is -1.49. The number of hydrogen-bond donors (Lipinski definition) is 11. The molecular weight excluding hydrogens is 998 g/mol. The quantitative estimate of drug-likeness (QED) is 0.0190. The topological polar surface area (TPSA) is 378 Å². The predicted octanol–water partition coefficient (Wildman–Crippen LogP) is -1.56. The van der Waals surface area contributed by atoms with Crippen molar-refractivity contribution in [3.05, 3.63) is 58.7 Å². The van der Waals surface area contributed by atoms with Crippen LogP contribution in [0.4, 0.5) is 5.69 Å². The maximum Gasteiger partial charge on any atom is 3.00 e. The molecule has 2 aromatic rings. The Bertz CT molecular complexity index is 2180. The molecule has 390 valence electrons. The van der Waals surface area contributed by atoms with Gasteiger partial charge in [-0.05, 0) is 81.0 Å². The zero-order chi connectivity index (χ0) is 52.5. The van der Waals surface area contributed by atoms with Crippen LogP contribution in [0.3, 0.4) is 0 Å². The molecule has 5 amide bonds. The van der Waals surface area contributed by atoms with E-state index in [0.29, 0.717) is 74.4 Å². The number of carboxylic acids is 4. The Morgan fingerprint density at radius 3 is 1.83 bits per heavy atom. The molecule has 0 spiro atoms. The van der Waals surface area contributed by atoms with E-state index in [4.69, 9.17) is 16.2 Å². The molecule has 25 nitrogen and oxygen atoms in total. The van der Waals surface area contributed by atoms with Gasteiger partial charge in [0.1, 0.15) is 17.8 Å². The number of hydrogen-bond acceptors (Lipinski definition) is 14. The van der Waals surface area contributed by atoms with Gasteiger partial charge < -0.3 is 63.2 Å². The maximum atomic E-state index is 13.2. The second-order valence-electron chi connectivity index (χ2n) is 16.9. The SMILES string of the molecule is Cc1cc(OCCCNC(=O)CCCCCNC(=O)CCC(C(=O)O)N2CCN(CC(=O)O)CCN(CC(=O)O)CC2)cc(C)c1C(=O)N[C@@H](CNC(=O)CNC(=O)c1cccc(N=C(N)N)c1)C(=O)O.[68Ga+3]. The number of carbonyl (C=O) groups is 9. The molecule has 0 radical (unpaired) electrons. The van der Waals surface area contributed by atoms with Gasteiger partial charge in [0.15, 0.2) is 5.96 Å². The van der Waals surface area contributed by atoms with Crippen molar-refractivity contribution >= 4 is 84.9 Å². The van der Waals surface area contributed by atoms with Crippen molar-refractivity contribution in [3.63, 3.8) is 0 Å². The summed E-state index contributed by atoms with van der Waals surface area (Å²) in [6, 6.07) is 6.76. The number of nitrogens with zero attached hydrogens (tertiary/aromatic N) is 4. The Labute approximate surface area is 429 Å². The Morgan fingerprint density at radius 2 is 1.26 bits per heavy atom. The van der Waals surface area contributed by atoms with Crippen LogP contribution in [0.25, 0.3) is 0 Å². The van der Waals surface area contributed by atoms with Gasteiger partial charge in [-0.2, -0.15) is 0 Å². The van der Waals surface area contributed by atoms with E-state index in [9.17, 15) is 63.6 Å². The average Bonchev–Trinajstić information content (AvgIpc) is 3.37. The number of carbonyl (C=O) groups excluding carboxylic acids is 5. The number of aliphatic imine (C=N–C) groups is 1. The van der Waals surface area contributed by atoms with Crippen molar-refractivity contribution in [2.45, 2.75) is 70.9 Å². The third-order valence-electron chi connectivity index (χ3n) is 11.2. The van der Waals surface area contributed by atoms with Crippen molar-refractivity contribution in [1.29, 1.82) is 0 Å². The Kier molecular flexibility index (Phi) is 27.5. The van der Waals surface area contributed by atoms with Crippen LogP contribution in [0.2, 0.25) is 0 Å². The first-order valence-corrected chi connectivity index (χ1v) is 23.1. The van der Waals surface area contributed by atoms with E-state index in [1.165, 1.54) is 12.1 Å². The molecular formula is C46H67GaN11O14+3. The van der Waals surface area contributed by atoms with Gasteiger partial charge in [0.05, 0.1) is 31.9 Å². The van der Waals surface area contributed by atoms with Gasteiger partial charge in [-0.25, -0.2) is 9.79 Å². The summed E-state index contributed by atoms with van der Waals surface area (Å²) < 4.78 is 5.84. The van der Waals surface area contributed by atoms with Crippen LogP contribution >= 0.6 is 0 Å². The molecule has 1 unspecified atom stereocenters. The number of ether oxygens (including phenoxy) is 1. The summed E-state index contributed by atoms with van der Waals surface area (Å²) in [4.78, 5) is 119. The molecule has 1 heterocycles. The molecule has 3 rings (SSSR count). The Morgan fingerprint density at radius 1 is 0.681 bits per heavy atom. The number of nitrogens with two attached hydrogens (primary N) is 2. The molecule has 2 aromatic carbocycles. The molecule has 72 heavy (non-hydrogen) atoms. The van der Waals surface area contributed by atoms with Crippen molar-refractivity contribution in [1.82, 2.24) is 41.3 Å². The van der Waals surface area contributed by atoms with Gasteiger partial charge in [0.2, 0.25) is 17.7 Å². The van der Waals surface area contributed by atoms with E-state index in [1.54, 1.807) is 52.8 Å². The van der Waals surface area contributed by atoms with Crippen molar-refractivity contribution in [2.24, 2.45) is 16.5 Å². The number of nitrogens with one attached hydrogen (secondary N) is 5. The second kappa shape index (κ2) is 32.3. The van der Waals surface area contributed by atoms with E-state index in [0.717, 1.165) is 0 Å². The molecule has 1 aliphatic heterocycles. The van der Waals surface area contributed by atoms with Crippen molar-refractivity contribution in [2.75, 3.05) is 85.1 Å². The third kappa shape index (κ3) is 23.4. The van der Waals surface area contributed by atoms with Gasteiger partial charge in [-0.1, -0.05) is 12.5 Å². The summed E-state index contributed by atoms with van der Waals surface area (Å²) in [5.74, 6) is -6.82. The summed E-state index contributed by atoms with van der Waals surface area (Å²) in [5, 5.41) is 51.2. The van der Waals surface area contributed by atoms with Crippen LogP contribution in [0, 0.1) is 13.8 Å². The molecule has 0 bridgehead atoms. The summed E-state index contributed by atoms with van der Waals surface area (Å²) >= 11 is 0. The first-order chi connectivity index (χ1) is 33.7. The summed E-state index contributed by atoms with van der Waals surface area (Å²) in [6.07, 6.45) is 2.53. The number of carboxylic acid groups (broad SMARTS) is 4. The average molecular weight is 1070 g/mol. The molecule has 1 fully saturated rings. The van der Waals surface area contributed by atoms with Crippen LogP contribution in [0.5, 0.6) is 5.75 Å². The van der Waals surface area contributed by atoms with Crippen LogP contribution in [0.1, 0.15) is 76.8 Å². The van der Waals surface area contributed by atoms with Crippen LogP contribution < -0.4 is 42.8 Å². The number of unbranched alkanes of at least 4 members (excludes halogenated alkanes) is 2. The number of aryl methyl sites for hydroxylation is 2. The molecule has 13 N–H and O–H groups in total. The molecule has 2 atom stereocenters. The fraction of sp³-hybridized carbons (Fsp3) is 0.522. The molecule has 0 saturated carbocycles. The van der Waals surface area contributed by atoms with E-state index >= 15 is 0 Å². The van der Waals surface area contributed by atoms with Crippen molar-refractivity contribution < 1.29 is 68.3 Å².